The van der Waals surface area contributed by atoms with Gasteiger partial charge in [0.15, 0.2) is 33.6 Å². The second kappa shape index (κ2) is 24.7. The van der Waals surface area contributed by atoms with E-state index >= 15 is 0 Å². The fourth-order valence-corrected chi connectivity index (χ4v) is 13.4. The second-order valence-electron chi connectivity index (χ2n) is 17.8. The van der Waals surface area contributed by atoms with Gasteiger partial charge in [-0.25, -0.2) is 23.1 Å². The highest BCUT2D eigenvalue weighted by atomic mass is 32.2. The van der Waals surface area contributed by atoms with Crippen LogP contribution in [0.4, 0.5) is 16.4 Å². The molecule has 1 saturated heterocycles. The van der Waals surface area contributed by atoms with E-state index in [1.165, 1.54) is 66.3 Å². The van der Waals surface area contributed by atoms with Crippen LogP contribution in [-0.2, 0) is 68.4 Å². The highest BCUT2D eigenvalue weighted by Crippen LogP contribution is 2.66. The number of hydrogen-bond donors (Lipinski definition) is 12. The molecule has 13 N–H and O–H groups in total. The number of phosphoric ester groups is 1. The summed E-state index contributed by atoms with van der Waals surface area (Å²) in [5, 5.41) is 18.8. The summed E-state index contributed by atoms with van der Waals surface area (Å²) >= 11 is 0. The predicted octanol–water partition coefficient (Wildman–Crippen LogP) is 0.860. The van der Waals surface area contributed by atoms with E-state index in [0.29, 0.717) is 0 Å². The number of ether oxygens (including phenoxy) is 2. The van der Waals surface area contributed by atoms with Crippen molar-refractivity contribution in [3.05, 3.63) is 76.1 Å². The summed E-state index contributed by atoms with van der Waals surface area (Å²) < 4.78 is 140. The molecule has 82 heavy (non-hydrogen) atoms. The molecule has 0 saturated carbocycles. The third-order valence-corrected chi connectivity index (χ3v) is 17.6. The Balaban J connectivity index is 1.02. The molecule has 39 heteroatoms. The molecule has 2 aromatic carbocycles. The number of amides is 3. The number of nitrogen functional groups attached to an aromatic ring is 1. The molecule has 3 aliphatic rings. The smallest absolute Gasteiger partial charge is 0.453 e. The van der Waals surface area contributed by atoms with Gasteiger partial charge in [-0.3, -0.25) is 42.6 Å². The summed E-state index contributed by atoms with van der Waals surface area (Å²) in [5.74, 6) is -2.04. The quantitative estimate of drug-likeness (QED) is 0.0139. The molecule has 1 aliphatic carbocycles. The molecule has 2 aromatic heterocycles. The maximum atomic E-state index is 14.3. The van der Waals surface area contributed by atoms with Crippen LogP contribution >= 0.6 is 23.5 Å². The number of nitrogens with zero attached hydrogens (tertiary/aromatic N) is 5. The van der Waals surface area contributed by atoms with Crippen molar-refractivity contribution in [3.8, 4) is 22.5 Å². The van der Waals surface area contributed by atoms with Crippen LogP contribution < -0.4 is 37.2 Å². The van der Waals surface area contributed by atoms with E-state index in [9.17, 15) is 73.7 Å². The fraction of sp³-hybridized carbons (Fsp3) is 0.372. The molecule has 4 heterocycles. The number of hydrogen-bond acceptors (Lipinski definition) is 22. The molecule has 2 unspecified atom stereocenters. The van der Waals surface area contributed by atoms with Gasteiger partial charge in [-0.1, -0.05) is 23.2 Å². The molecule has 34 nitrogen and oxygen atoms in total. The number of phosphoric acid groups is 3. The number of carbonyl (C=O) groups excluding carboxylic acids is 3. The van der Waals surface area contributed by atoms with E-state index in [1.807, 2.05) is 0 Å². The molecule has 4 aromatic rings. The number of nitrogens with one attached hydrogen (secondary N) is 4. The molecule has 0 bridgehead atoms. The van der Waals surface area contributed by atoms with Crippen LogP contribution in [-0.4, -0.2) is 153 Å². The minimum Gasteiger partial charge on any atom is -0.453 e. The average molecular weight is 1250 g/mol. The van der Waals surface area contributed by atoms with Crippen molar-refractivity contribution >= 4 is 95.4 Å². The van der Waals surface area contributed by atoms with Gasteiger partial charge < -0.3 is 65.2 Å². The van der Waals surface area contributed by atoms with Crippen molar-refractivity contribution in [3.63, 3.8) is 0 Å². The number of fused-ring (bicyclic) bond motifs is 3. The number of H-pyrrole nitrogens is 1. The highest BCUT2D eigenvalue weighted by Gasteiger charge is 2.52. The van der Waals surface area contributed by atoms with E-state index in [-0.39, 0.29) is 101 Å². The van der Waals surface area contributed by atoms with Gasteiger partial charge in [0.1, 0.15) is 12.2 Å². The average Bonchev–Trinajstić information content (AvgIpc) is 2.71. The monoisotopic (exact) mass is 1250 g/mol. The van der Waals surface area contributed by atoms with Crippen molar-refractivity contribution in [1.29, 1.82) is 0 Å². The Kier molecular flexibility index (Phi) is 19.0. The van der Waals surface area contributed by atoms with Gasteiger partial charge >= 0.3 is 35.2 Å². The summed E-state index contributed by atoms with van der Waals surface area (Å²) in [5.41, 5.74) is 4.41. The van der Waals surface area contributed by atoms with Gasteiger partial charge in [0, 0.05) is 68.3 Å². The first-order chi connectivity index (χ1) is 38.3. The third kappa shape index (κ3) is 14.4. The van der Waals surface area contributed by atoms with Crippen LogP contribution in [0.3, 0.4) is 0 Å². The molecule has 1 fully saturated rings. The lowest BCUT2D eigenvalue weighted by Gasteiger charge is -2.23. The van der Waals surface area contributed by atoms with Gasteiger partial charge in [-0.05, 0) is 56.2 Å². The van der Waals surface area contributed by atoms with E-state index < -0.39 is 119 Å². The Bertz CT molecular complexity index is 3970. The fourth-order valence-electron chi connectivity index (χ4n) is 8.80. The largest absolute Gasteiger partial charge is 0.490 e. The molecular weight excluding hydrogens is 1200 g/mol. The minimum absolute atomic E-state index is 0.00824. The van der Waals surface area contributed by atoms with Crippen molar-refractivity contribution in [2.75, 3.05) is 57.4 Å². The SMILES string of the molecule is CCN=c1ccc2c(-c3ccccc3C(=O)N(C)CCCC(=O)NCCNC(=O)O[C@@H]3[C@H](O)[C@@H](COP(=O)(O)OP(=O)(O)OP(=O)(O)O)O[C@H]3[n+]3cn(C)c4c(=O)[nH]c(N)nc43)c3ccc(NCC)c(S(=O)(=O)O)c3oc-2c1S(=O)(=O)O. The van der Waals surface area contributed by atoms with Gasteiger partial charge in [0.25, 0.3) is 37.7 Å². The van der Waals surface area contributed by atoms with Gasteiger partial charge in [0.05, 0.1) is 24.7 Å². The van der Waals surface area contributed by atoms with Crippen LogP contribution in [0.1, 0.15) is 43.3 Å². The van der Waals surface area contributed by atoms with Crippen LogP contribution in [0, 0.1) is 0 Å². The van der Waals surface area contributed by atoms with Crippen LogP contribution in [0.2, 0.25) is 0 Å². The van der Waals surface area contributed by atoms with Gasteiger partial charge in [0.2, 0.25) is 17.7 Å². The number of aromatic amines is 1. The topological polar surface area (TPSA) is 504 Å². The number of rotatable bonds is 23. The van der Waals surface area contributed by atoms with E-state index in [0.717, 1.165) is 4.57 Å². The zero-order valence-electron chi connectivity index (χ0n) is 43.2. The second-order valence-corrected chi connectivity index (χ2v) is 24.9. The normalized spacial score (nSPS) is 18.5. The summed E-state index contributed by atoms with van der Waals surface area (Å²) in [6.07, 6.45) is -7.23. The number of carbonyl (C=O) groups is 3. The molecule has 6 atom stereocenters. The third-order valence-electron chi connectivity index (χ3n) is 12.0. The van der Waals surface area contributed by atoms with Gasteiger partial charge in [-0.15, -0.1) is 0 Å². The van der Waals surface area contributed by atoms with E-state index in [1.54, 1.807) is 26.0 Å². The minimum atomic E-state index is -5.94. The Morgan fingerprint density at radius 1 is 0.939 bits per heavy atom. The molecule has 446 valence electrons. The number of aliphatic hydroxyl groups is 1. The molecule has 7 rings (SSSR count). The van der Waals surface area contributed by atoms with Crippen LogP contribution in [0.25, 0.3) is 44.6 Å². The summed E-state index contributed by atoms with van der Waals surface area (Å²) in [6, 6.07) is 11.6. The number of aromatic nitrogens is 4. The number of nitrogens with two attached hydrogens (primary N) is 1. The van der Waals surface area contributed by atoms with Crippen molar-refractivity contribution < 1.29 is 110 Å². The molecular formula is C43H54N10O24P3S2+. The van der Waals surface area contributed by atoms with Crippen molar-refractivity contribution in [2.45, 2.75) is 61.0 Å². The zero-order valence-corrected chi connectivity index (χ0v) is 47.5. The standard InChI is InChI=1S/C43H53N10O24P3S2/c1-5-45-26-15-13-24-30(25-14-16-27(46-6-2)37(82(69,70)71)34(25)74-33(24)36(26)81(66,67)68)22-10-7-8-11-23(22)40(57)51(3)19-9-12-29(54)47-17-18-48-43(58)75-35-32(55)28(20-72-79(62,63)77-80(64,65)76-78(59,60)61)73-41(35)53-21-52(4)31-38(53)49-42(44)50-39(31)56/h7-8,10-11,13-16,21,28,32,35,41,55H,5-6,9,12,17-20H2,1-4H3,(H11-,44,45,46,47,48,49,50,54,56,58,59,60,61,62,63,64,65,66,67,68,69,70,71)/p+1/t28-,32-,35-,41-/m1/s1. The summed E-state index contributed by atoms with van der Waals surface area (Å²) in [6.45, 7) is 1.79. The Hall–Kier alpha value is -6.56. The Morgan fingerprint density at radius 2 is 1.62 bits per heavy atom. The van der Waals surface area contributed by atoms with Crippen molar-refractivity contribution in [2.24, 2.45) is 12.0 Å². The van der Waals surface area contributed by atoms with E-state index in [2.05, 4.69) is 44.1 Å². The molecule has 0 radical (unpaired) electrons. The number of anilines is 2. The van der Waals surface area contributed by atoms with Crippen molar-refractivity contribution in [1.82, 2.24) is 30.1 Å². The van der Waals surface area contributed by atoms with Gasteiger partial charge in [-0.2, -0.15) is 25.5 Å². The summed E-state index contributed by atoms with van der Waals surface area (Å²) in [7, 11) is -24.8. The number of imidazole rings is 1. The maximum Gasteiger partial charge on any atom is 0.490 e. The maximum absolute atomic E-state index is 14.3. The first-order valence-electron chi connectivity index (χ1n) is 24.0. The van der Waals surface area contributed by atoms with E-state index in [4.69, 9.17) is 29.4 Å². The number of aryl methyl sites for hydroxylation is 1. The molecule has 3 amide bonds. The highest BCUT2D eigenvalue weighted by molar-refractivity contribution is 7.86. The Labute approximate surface area is 463 Å². The van der Waals surface area contributed by atoms with Crippen LogP contribution in [0.5, 0.6) is 0 Å². The molecule has 2 aliphatic heterocycles. The first-order valence-corrected chi connectivity index (χ1v) is 31.4. The molecule has 0 spiro atoms. The first kappa shape index (κ1) is 63.0. The predicted molar refractivity (Wildman–Crippen MR) is 281 cm³/mol. The Morgan fingerprint density at radius 3 is 2.28 bits per heavy atom. The lowest BCUT2D eigenvalue weighted by atomic mass is 9.90. The number of benzene rings is 3. The van der Waals surface area contributed by atoms with Crippen LogP contribution in [0.15, 0.2) is 78.9 Å². The lowest BCUT2D eigenvalue weighted by Crippen LogP contribution is -2.49. The zero-order chi connectivity index (χ0) is 60.4. The number of alkyl carbamates (subject to hydrolysis) is 1. The summed E-state index contributed by atoms with van der Waals surface area (Å²) in [4.78, 5) is 101. The lowest BCUT2D eigenvalue weighted by molar-refractivity contribution is -0.745. The number of aliphatic hydroxyl groups excluding tert-OH is 1.